The van der Waals surface area contributed by atoms with Crippen molar-refractivity contribution in [3.8, 4) is 5.75 Å². The molecular formula is C14H19FO2. The van der Waals surface area contributed by atoms with Gasteiger partial charge in [0.15, 0.2) is 0 Å². The van der Waals surface area contributed by atoms with E-state index in [1.165, 1.54) is 12.1 Å². The Kier molecular flexibility index (Phi) is 4.27. The molecule has 1 rings (SSSR count). The van der Waals surface area contributed by atoms with E-state index in [4.69, 9.17) is 4.74 Å². The highest BCUT2D eigenvalue weighted by molar-refractivity contribution is 5.83. The van der Waals surface area contributed by atoms with Crippen molar-refractivity contribution < 1.29 is 13.9 Å². The van der Waals surface area contributed by atoms with E-state index in [-0.39, 0.29) is 17.0 Å². The molecule has 0 radical (unpaired) electrons. The highest BCUT2D eigenvalue weighted by atomic mass is 19.1. The molecule has 0 bridgehead atoms. The summed E-state index contributed by atoms with van der Waals surface area (Å²) in [4.78, 5) is 11.8. The largest absolute Gasteiger partial charge is 0.496 e. The molecule has 0 atom stereocenters. The van der Waals surface area contributed by atoms with E-state index in [0.717, 1.165) is 5.56 Å². The van der Waals surface area contributed by atoms with Gasteiger partial charge in [-0.3, -0.25) is 4.79 Å². The zero-order valence-electron chi connectivity index (χ0n) is 10.8. The summed E-state index contributed by atoms with van der Waals surface area (Å²) in [5.74, 6) is 0.501. The Morgan fingerprint density at radius 1 is 1.35 bits per heavy atom. The number of ether oxygens (including phenoxy) is 1. The molecule has 2 nitrogen and oxygen atoms in total. The summed E-state index contributed by atoms with van der Waals surface area (Å²) in [5, 5.41) is 0. The van der Waals surface area contributed by atoms with Crippen LogP contribution < -0.4 is 4.74 Å². The maximum Gasteiger partial charge on any atom is 0.138 e. The molecule has 0 amide bonds. The number of carbonyl (C=O) groups excluding carboxylic acids is 1. The standard InChI is InChI=1S/C14H19FO2/c1-14(2,3)13(16)8-5-10-9-11(15)6-7-12(10)17-4/h6-7,9H,5,8H2,1-4H3. The average Bonchev–Trinajstić information content (AvgIpc) is 2.24. The topological polar surface area (TPSA) is 26.3 Å². The first kappa shape index (κ1) is 13.7. The average molecular weight is 238 g/mol. The van der Waals surface area contributed by atoms with Gasteiger partial charge in [-0.15, -0.1) is 0 Å². The number of hydrogen-bond donors (Lipinski definition) is 0. The number of methoxy groups -OCH3 is 1. The van der Waals surface area contributed by atoms with E-state index in [1.807, 2.05) is 20.8 Å². The second-order valence-corrected chi connectivity index (χ2v) is 5.13. The number of carbonyl (C=O) groups is 1. The van der Waals surface area contributed by atoms with Crippen LogP contribution in [0.5, 0.6) is 5.75 Å². The third-order valence-electron chi connectivity index (χ3n) is 2.70. The fraction of sp³-hybridized carbons (Fsp3) is 0.500. The number of halogens is 1. The molecule has 0 spiro atoms. The number of aryl methyl sites for hydroxylation is 1. The Morgan fingerprint density at radius 3 is 2.53 bits per heavy atom. The monoisotopic (exact) mass is 238 g/mol. The van der Waals surface area contributed by atoms with Crippen LogP contribution in [0, 0.1) is 11.2 Å². The van der Waals surface area contributed by atoms with Gasteiger partial charge in [-0.25, -0.2) is 4.39 Å². The van der Waals surface area contributed by atoms with Gasteiger partial charge < -0.3 is 4.74 Å². The van der Waals surface area contributed by atoms with E-state index in [0.29, 0.717) is 18.6 Å². The van der Waals surface area contributed by atoms with Crippen LogP contribution in [0.15, 0.2) is 18.2 Å². The maximum absolute atomic E-state index is 13.1. The number of rotatable bonds is 4. The number of ketones is 1. The third-order valence-corrected chi connectivity index (χ3v) is 2.70. The van der Waals surface area contributed by atoms with Crippen molar-refractivity contribution in [3.05, 3.63) is 29.6 Å². The van der Waals surface area contributed by atoms with Crippen molar-refractivity contribution in [2.45, 2.75) is 33.6 Å². The third kappa shape index (κ3) is 3.84. The number of benzene rings is 1. The van der Waals surface area contributed by atoms with Crippen LogP contribution in [0.3, 0.4) is 0 Å². The minimum atomic E-state index is -0.347. The summed E-state index contributed by atoms with van der Waals surface area (Å²) in [5.41, 5.74) is 0.394. The smallest absolute Gasteiger partial charge is 0.138 e. The lowest BCUT2D eigenvalue weighted by Crippen LogP contribution is -2.20. The Hall–Kier alpha value is -1.38. The Bertz CT molecular complexity index is 405. The second-order valence-electron chi connectivity index (χ2n) is 5.13. The molecule has 0 saturated carbocycles. The van der Waals surface area contributed by atoms with E-state index in [1.54, 1.807) is 13.2 Å². The summed E-state index contributed by atoms with van der Waals surface area (Å²) in [7, 11) is 1.54. The molecule has 0 saturated heterocycles. The van der Waals surface area contributed by atoms with Crippen molar-refractivity contribution in [3.63, 3.8) is 0 Å². The van der Waals surface area contributed by atoms with Crippen molar-refractivity contribution in [2.24, 2.45) is 5.41 Å². The Labute approximate surface area is 102 Å². The van der Waals surface area contributed by atoms with Crippen LogP contribution in [-0.2, 0) is 11.2 Å². The SMILES string of the molecule is COc1ccc(F)cc1CCC(=O)C(C)(C)C. The van der Waals surface area contributed by atoms with Crippen molar-refractivity contribution >= 4 is 5.78 Å². The Balaban J connectivity index is 2.75. The van der Waals surface area contributed by atoms with Gasteiger partial charge in [-0.1, -0.05) is 20.8 Å². The number of hydrogen-bond acceptors (Lipinski definition) is 2. The molecule has 94 valence electrons. The van der Waals surface area contributed by atoms with Gasteiger partial charge in [0.05, 0.1) is 7.11 Å². The van der Waals surface area contributed by atoms with E-state index >= 15 is 0 Å². The molecule has 0 heterocycles. The normalized spacial score (nSPS) is 11.4. The van der Waals surface area contributed by atoms with E-state index < -0.39 is 0 Å². The van der Waals surface area contributed by atoms with E-state index in [2.05, 4.69) is 0 Å². The van der Waals surface area contributed by atoms with Crippen molar-refractivity contribution in [1.82, 2.24) is 0 Å². The molecule has 0 aliphatic rings. The molecule has 3 heteroatoms. The quantitative estimate of drug-likeness (QED) is 0.803. The van der Waals surface area contributed by atoms with Crippen LogP contribution in [0.2, 0.25) is 0 Å². The summed E-state index contributed by atoms with van der Waals surface area (Å²) in [6.45, 7) is 5.66. The predicted molar refractivity (Wildman–Crippen MR) is 65.7 cm³/mol. The first-order valence-electron chi connectivity index (χ1n) is 5.70. The van der Waals surface area contributed by atoms with E-state index in [9.17, 15) is 9.18 Å². The van der Waals surface area contributed by atoms with Crippen molar-refractivity contribution in [2.75, 3.05) is 7.11 Å². The minimum absolute atomic E-state index is 0.170. The first-order valence-corrected chi connectivity index (χ1v) is 5.70. The van der Waals surface area contributed by atoms with Crippen LogP contribution in [0.25, 0.3) is 0 Å². The maximum atomic E-state index is 13.1. The lowest BCUT2D eigenvalue weighted by atomic mass is 9.87. The highest BCUT2D eigenvalue weighted by Gasteiger charge is 2.21. The van der Waals surface area contributed by atoms with Crippen LogP contribution in [0.1, 0.15) is 32.8 Å². The first-order chi connectivity index (χ1) is 7.84. The summed E-state index contributed by atoms with van der Waals surface area (Å²) in [6.07, 6.45) is 0.917. The summed E-state index contributed by atoms with van der Waals surface area (Å²) < 4.78 is 18.2. The van der Waals surface area contributed by atoms with Crippen molar-refractivity contribution in [1.29, 1.82) is 0 Å². The fourth-order valence-corrected chi connectivity index (χ4v) is 1.57. The molecular weight excluding hydrogens is 219 g/mol. The molecule has 17 heavy (non-hydrogen) atoms. The predicted octanol–water partition coefficient (Wildman–Crippen LogP) is 3.38. The molecule has 0 aliphatic carbocycles. The summed E-state index contributed by atoms with van der Waals surface area (Å²) >= 11 is 0. The van der Waals surface area contributed by atoms with Gasteiger partial charge in [0.1, 0.15) is 17.3 Å². The molecule has 0 N–H and O–H groups in total. The molecule has 1 aromatic carbocycles. The number of Topliss-reactive ketones (excluding diaryl/α,β-unsaturated/α-hetero) is 1. The lowest BCUT2D eigenvalue weighted by molar-refractivity contribution is -0.126. The minimum Gasteiger partial charge on any atom is -0.496 e. The second kappa shape index (κ2) is 5.30. The zero-order chi connectivity index (χ0) is 13.1. The zero-order valence-corrected chi connectivity index (χ0v) is 10.8. The van der Waals surface area contributed by atoms with Gasteiger partial charge in [-0.05, 0) is 30.2 Å². The molecule has 0 aliphatic heterocycles. The van der Waals surface area contributed by atoms with Gasteiger partial charge in [0.25, 0.3) is 0 Å². The molecule has 1 aromatic rings. The lowest BCUT2D eigenvalue weighted by Gasteiger charge is -2.16. The highest BCUT2D eigenvalue weighted by Crippen LogP contribution is 2.23. The van der Waals surface area contributed by atoms with Crippen LogP contribution in [0.4, 0.5) is 4.39 Å². The van der Waals surface area contributed by atoms with Crippen LogP contribution in [-0.4, -0.2) is 12.9 Å². The fourth-order valence-electron chi connectivity index (χ4n) is 1.57. The molecule has 0 unspecified atom stereocenters. The Morgan fingerprint density at radius 2 is 2.00 bits per heavy atom. The molecule has 0 fully saturated rings. The van der Waals surface area contributed by atoms with Crippen LogP contribution >= 0.6 is 0 Å². The summed E-state index contributed by atoms with van der Waals surface area (Å²) in [6, 6.07) is 4.37. The van der Waals surface area contributed by atoms with Gasteiger partial charge in [0, 0.05) is 11.8 Å². The molecule has 0 aromatic heterocycles. The van der Waals surface area contributed by atoms with Gasteiger partial charge >= 0.3 is 0 Å². The van der Waals surface area contributed by atoms with Gasteiger partial charge in [0.2, 0.25) is 0 Å². The van der Waals surface area contributed by atoms with Gasteiger partial charge in [-0.2, -0.15) is 0 Å².